The number of likely N-dealkylation sites (N-methyl/N-ethyl adjacent to an activating group) is 1. The first-order chi connectivity index (χ1) is 8.06. The number of carbonyl (C=O) groups is 1. The molecule has 0 aliphatic carbocycles. The number of carboxylic acid groups (broad SMARTS) is 1. The van der Waals surface area contributed by atoms with Crippen molar-refractivity contribution in [1.82, 2.24) is 10.2 Å². The van der Waals surface area contributed by atoms with Gasteiger partial charge in [0.25, 0.3) is 0 Å². The molecule has 1 saturated heterocycles. The molecule has 0 aromatic heterocycles. The number of likely N-dealkylation sites (tertiary alicyclic amines) is 1. The van der Waals surface area contributed by atoms with Crippen molar-refractivity contribution in [2.75, 3.05) is 26.2 Å². The number of rotatable bonds is 7. The van der Waals surface area contributed by atoms with Gasteiger partial charge in [-0.25, -0.2) is 0 Å². The van der Waals surface area contributed by atoms with Crippen molar-refractivity contribution in [2.45, 2.75) is 46.1 Å². The third-order valence-electron chi connectivity index (χ3n) is 4.21. The summed E-state index contributed by atoms with van der Waals surface area (Å²) in [6.45, 7) is 9.86. The van der Waals surface area contributed by atoms with E-state index in [9.17, 15) is 4.79 Å². The Balaban J connectivity index is 2.50. The molecule has 1 fully saturated rings. The molecule has 0 amide bonds. The Bertz CT molecular complexity index is 252. The summed E-state index contributed by atoms with van der Waals surface area (Å²) in [4.78, 5) is 13.4. The molecule has 1 heterocycles. The number of carboxylic acids is 1. The fourth-order valence-electron chi connectivity index (χ4n) is 2.75. The second-order valence-corrected chi connectivity index (χ2v) is 5.14. The largest absolute Gasteiger partial charge is 0.480 e. The molecule has 4 heteroatoms. The van der Waals surface area contributed by atoms with Gasteiger partial charge in [-0.3, -0.25) is 4.79 Å². The number of hydrogen-bond acceptors (Lipinski definition) is 3. The van der Waals surface area contributed by atoms with Crippen molar-refractivity contribution in [3.63, 3.8) is 0 Å². The van der Waals surface area contributed by atoms with E-state index in [1.165, 1.54) is 19.3 Å². The first-order valence-corrected chi connectivity index (χ1v) is 6.75. The predicted molar refractivity (Wildman–Crippen MR) is 69.2 cm³/mol. The number of nitrogens with one attached hydrogen (secondary N) is 1. The molecule has 1 unspecified atom stereocenters. The van der Waals surface area contributed by atoms with Crippen molar-refractivity contribution in [1.29, 1.82) is 0 Å². The summed E-state index contributed by atoms with van der Waals surface area (Å²) >= 11 is 0. The van der Waals surface area contributed by atoms with Gasteiger partial charge < -0.3 is 15.3 Å². The second-order valence-electron chi connectivity index (χ2n) is 5.14. The molecule has 1 aliphatic heterocycles. The third kappa shape index (κ3) is 3.68. The van der Waals surface area contributed by atoms with Gasteiger partial charge in [0.05, 0.1) is 0 Å². The maximum atomic E-state index is 11.1. The molecule has 100 valence electrons. The lowest BCUT2D eigenvalue weighted by atomic mass is 9.82. The molecule has 1 aliphatic rings. The topological polar surface area (TPSA) is 52.6 Å². The Kier molecular flexibility index (Phi) is 5.40. The van der Waals surface area contributed by atoms with E-state index in [2.05, 4.69) is 24.1 Å². The lowest BCUT2D eigenvalue weighted by Crippen LogP contribution is -2.45. The minimum Gasteiger partial charge on any atom is -0.480 e. The number of hydrogen-bond donors (Lipinski definition) is 2. The van der Waals surface area contributed by atoms with E-state index in [4.69, 9.17) is 5.11 Å². The Morgan fingerprint density at radius 2 is 2.06 bits per heavy atom. The van der Waals surface area contributed by atoms with Crippen molar-refractivity contribution >= 4 is 5.97 Å². The van der Waals surface area contributed by atoms with Gasteiger partial charge in [-0.2, -0.15) is 0 Å². The lowest BCUT2D eigenvalue weighted by Gasteiger charge is -2.27. The van der Waals surface area contributed by atoms with Crippen LogP contribution < -0.4 is 5.32 Å². The molecule has 1 rings (SSSR count). The molecule has 17 heavy (non-hydrogen) atoms. The predicted octanol–water partition coefficient (Wildman–Crippen LogP) is 1.56. The van der Waals surface area contributed by atoms with E-state index in [1.54, 1.807) is 0 Å². The summed E-state index contributed by atoms with van der Waals surface area (Å²) in [6, 6.07) is -0.426. The van der Waals surface area contributed by atoms with Crippen molar-refractivity contribution in [2.24, 2.45) is 5.41 Å². The molecule has 2 N–H and O–H groups in total. The maximum absolute atomic E-state index is 11.1. The van der Waals surface area contributed by atoms with Crippen LogP contribution in [0.15, 0.2) is 0 Å². The average Bonchev–Trinajstić information content (AvgIpc) is 2.73. The maximum Gasteiger partial charge on any atom is 0.322 e. The zero-order valence-electron chi connectivity index (χ0n) is 11.3. The fourth-order valence-corrected chi connectivity index (χ4v) is 2.75. The first-order valence-electron chi connectivity index (χ1n) is 6.75. The molecule has 0 saturated carbocycles. The van der Waals surface area contributed by atoms with Gasteiger partial charge in [0.2, 0.25) is 0 Å². The van der Waals surface area contributed by atoms with E-state index in [0.717, 1.165) is 13.1 Å². The number of aliphatic carboxylic acids is 1. The van der Waals surface area contributed by atoms with E-state index < -0.39 is 12.0 Å². The van der Waals surface area contributed by atoms with E-state index in [0.29, 0.717) is 18.5 Å². The molecule has 0 bridgehead atoms. The van der Waals surface area contributed by atoms with Crippen LogP contribution in [0.5, 0.6) is 0 Å². The highest BCUT2D eigenvalue weighted by Gasteiger charge is 2.36. The van der Waals surface area contributed by atoms with Gasteiger partial charge in [0, 0.05) is 13.1 Å². The van der Waals surface area contributed by atoms with Crippen LogP contribution in [0.2, 0.25) is 0 Å². The van der Waals surface area contributed by atoms with Gasteiger partial charge in [-0.05, 0) is 37.8 Å². The molecule has 4 nitrogen and oxygen atoms in total. The highest BCUT2D eigenvalue weighted by molar-refractivity contribution is 5.73. The summed E-state index contributed by atoms with van der Waals surface area (Å²) in [7, 11) is 0. The second kappa shape index (κ2) is 6.36. The fraction of sp³-hybridized carbons (Fsp3) is 0.923. The van der Waals surface area contributed by atoms with Crippen LogP contribution in [-0.2, 0) is 4.79 Å². The minimum atomic E-state index is -0.739. The molecule has 0 spiro atoms. The molecule has 1 atom stereocenters. The quantitative estimate of drug-likeness (QED) is 0.711. The van der Waals surface area contributed by atoms with E-state index >= 15 is 0 Å². The Hall–Kier alpha value is -0.610. The standard InChI is InChI=1S/C13H26N2O2/c1-4-13(5-2)7-8-15(10-13)9-11(12(16)17)14-6-3/h11,14H,4-10H2,1-3H3,(H,16,17). The molecule has 0 aromatic rings. The van der Waals surface area contributed by atoms with Gasteiger partial charge in [-0.15, -0.1) is 0 Å². The third-order valence-corrected chi connectivity index (χ3v) is 4.21. The monoisotopic (exact) mass is 242 g/mol. The zero-order valence-corrected chi connectivity index (χ0v) is 11.3. The van der Waals surface area contributed by atoms with Crippen LogP contribution >= 0.6 is 0 Å². The minimum absolute atomic E-state index is 0.426. The summed E-state index contributed by atoms with van der Waals surface area (Å²) in [5, 5.41) is 12.2. The summed E-state index contributed by atoms with van der Waals surface area (Å²) in [6.07, 6.45) is 3.59. The number of nitrogens with zero attached hydrogens (tertiary/aromatic N) is 1. The normalized spacial score (nSPS) is 21.6. The van der Waals surface area contributed by atoms with Crippen LogP contribution in [0.1, 0.15) is 40.0 Å². The summed E-state index contributed by atoms with van der Waals surface area (Å²) in [5.41, 5.74) is 0.426. The summed E-state index contributed by atoms with van der Waals surface area (Å²) < 4.78 is 0. The van der Waals surface area contributed by atoms with Crippen LogP contribution in [0.4, 0.5) is 0 Å². The highest BCUT2D eigenvalue weighted by Crippen LogP contribution is 2.36. The van der Waals surface area contributed by atoms with Crippen LogP contribution in [0.25, 0.3) is 0 Å². The van der Waals surface area contributed by atoms with E-state index in [-0.39, 0.29) is 0 Å². The summed E-state index contributed by atoms with van der Waals surface area (Å²) in [5.74, 6) is -0.739. The molecular formula is C13H26N2O2. The lowest BCUT2D eigenvalue weighted by molar-refractivity contribution is -0.139. The van der Waals surface area contributed by atoms with Gasteiger partial charge in [0.1, 0.15) is 6.04 Å². The molecule has 0 radical (unpaired) electrons. The molecule has 0 aromatic carbocycles. The van der Waals surface area contributed by atoms with Gasteiger partial charge in [-0.1, -0.05) is 20.8 Å². The van der Waals surface area contributed by atoms with Crippen molar-refractivity contribution in [3.8, 4) is 0 Å². The van der Waals surface area contributed by atoms with Crippen molar-refractivity contribution < 1.29 is 9.90 Å². The van der Waals surface area contributed by atoms with Gasteiger partial charge in [0.15, 0.2) is 0 Å². The van der Waals surface area contributed by atoms with E-state index in [1.807, 2.05) is 6.92 Å². The Morgan fingerprint density at radius 1 is 1.41 bits per heavy atom. The first kappa shape index (κ1) is 14.5. The van der Waals surface area contributed by atoms with Crippen LogP contribution in [-0.4, -0.2) is 48.2 Å². The van der Waals surface area contributed by atoms with Crippen LogP contribution in [0, 0.1) is 5.41 Å². The van der Waals surface area contributed by atoms with Crippen molar-refractivity contribution in [3.05, 3.63) is 0 Å². The zero-order chi connectivity index (χ0) is 12.9. The molecular weight excluding hydrogens is 216 g/mol. The van der Waals surface area contributed by atoms with Crippen LogP contribution in [0.3, 0.4) is 0 Å². The average molecular weight is 242 g/mol. The highest BCUT2D eigenvalue weighted by atomic mass is 16.4. The smallest absolute Gasteiger partial charge is 0.322 e. The SMILES string of the molecule is CCNC(CN1CCC(CC)(CC)C1)C(=O)O. The Labute approximate surface area is 104 Å². The Morgan fingerprint density at radius 3 is 2.47 bits per heavy atom. The van der Waals surface area contributed by atoms with Gasteiger partial charge >= 0.3 is 5.97 Å².